The van der Waals surface area contributed by atoms with Crippen LogP contribution in [0.25, 0.3) is 11.1 Å². The van der Waals surface area contributed by atoms with E-state index in [1.54, 1.807) is 17.1 Å². The first kappa shape index (κ1) is 15.6. The highest BCUT2D eigenvalue weighted by atomic mass is 32.2. The molecule has 2 heterocycles. The van der Waals surface area contributed by atoms with E-state index in [2.05, 4.69) is 15.4 Å². The Morgan fingerprint density at radius 3 is 3.00 bits per heavy atom. The summed E-state index contributed by atoms with van der Waals surface area (Å²) in [7, 11) is 0. The van der Waals surface area contributed by atoms with Crippen LogP contribution < -0.4 is 5.32 Å². The van der Waals surface area contributed by atoms with Gasteiger partial charge in [0.2, 0.25) is 5.91 Å². The number of thioether (sulfide) groups is 1. The van der Waals surface area contributed by atoms with Crippen molar-refractivity contribution in [1.29, 1.82) is 0 Å². The summed E-state index contributed by atoms with van der Waals surface area (Å²) in [6, 6.07) is 9.21. The molecule has 0 spiro atoms. The van der Waals surface area contributed by atoms with Gasteiger partial charge in [-0.15, -0.1) is 0 Å². The van der Waals surface area contributed by atoms with Crippen molar-refractivity contribution in [2.45, 2.75) is 24.6 Å². The molecule has 0 bridgehead atoms. The minimum atomic E-state index is -0.265. The molecule has 0 aliphatic heterocycles. The van der Waals surface area contributed by atoms with Crippen LogP contribution in [-0.4, -0.2) is 33.0 Å². The lowest BCUT2D eigenvalue weighted by Gasteiger charge is -2.15. The van der Waals surface area contributed by atoms with E-state index in [-0.39, 0.29) is 11.9 Å². The van der Waals surface area contributed by atoms with Crippen LogP contribution in [0, 0.1) is 0 Å². The van der Waals surface area contributed by atoms with Crippen LogP contribution in [0.5, 0.6) is 0 Å². The number of carbonyl (C=O) groups excluding carboxylic acids is 1. The average Bonchev–Trinajstić information content (AvgIpc) is 3.21. The summed E-state index contributed by atoms with van der Waals surface area (Å²) in [4.78, 5) is 16.6. The third-order valence-corrected chi connectivity index (χ3v) is 4.26. The monoisotopic (exact) mass is 330 g/mol. The van der Waals surface area contributed by atoms with E-state index >= 15 is 0 Å². The van der Waals surface area contributed by atoms with Gasteiger partial charge >= 0.3 is 0 Å². The Kier molecular flexibility index (Phi) is 4.97. The molecule has 3 aromatic rings. The lowest BCUT2D eigenvalue weighted by Crippen LogP contribution is -2.33. The highest BCUT2D eigenvalue weighted by Gasteiger charge is 2.17. The van der Waals surface area contributed by atoms with E-state index in [1.807, 2.05) is 37.3 Å². The van der Waals surface area contributed by atoms with Crippen molar-refractivity contribution < 1.29 is 9.21 Å². The SMILES string of the molecule is CC[C@H](C(=O)NCCSc1nc2ccccc2o1)n1cccn1. The van der Waals surface area contributed by atoms with E-state index in [0.717, 1.165) is 11.1 Å². The number of benzene rings is 1. The van der Waals surface area contributed by atoms with Crippen molar-refractivity contribution in [2.24, 2.45) is 0 Å². The van der Waals surface area contributed by atoms with Gasteiger partial charge in [0.25, 0.3) is 5.22 Å². The fourth-order valence-electron chi connectivity index (χ4n) is 2.30. The minimum Gasteiger partial charge on any atom is -0.431 e. The van der Waals surface area contributed by atoms with Gasteiger partial charge in [-0.2, -0.15) is 5.10 Å². The Morgan fingerprint density at radius 1 is 1.39 bits per heavy atom. The summed E-state index contributed by atoms with van der Waals surface area (Å²) in [5.41, 5.74) is 1.63. The molecule has 0 aliphatic carbocycles. The van der Waals surface area contributed by atoms with Gasteiger partial charge in [0.15, 0.2) is 5.58 Å². The fraction of sp³-hybridized carbons (Fsp3) is 0.312. The predicted octanol–water partition coefficient (Wildman–Crippen LogP) is 2.88. The molecular formula is C16H18N4O2S. The lowest BCUT2D eigenvalue weighted by molar-refractivity contribution is -0.124. The largest absolute Gasteiger partial charge is 0.431 e. The number of carbonyl (C=O) groups is 1. The third kappa shape index (κ3) is 3.73. The van der Waals surface area contributed by atoms with Gasteiger partial charge in [0.05, 0.1) is 0 Å². The Hall–Kier alpha value is -2.28. The number of aromatic nitrogens is 3. The van der Waals surface area contributed by atoms with E-state index in [0.29, 0.717) is 23.9 Å². The molecule has 7 heteroatoms. The summed E-state index contributed by atoms with van der Waals surface area (Å²) in [5, 5.41) is 7.69. The number of nitrogens with zero attached hydrogens (tertiary/aromatic N) is 3. The smallest absolute Gasteiger partial charge is 0.256 e. The molecule has 0 aliphatic rings. The van der Waals surface area contributed by atoms with Gasteiger partial charge in [0.1, 0.15) is 11.6 Å². The summed E-state index contributed by atoms with van der Waals surface area (Å²) in [6.45, 7) is 2.53. The minimum absolute atomic E-state index is 0.0191. The molecule has 3 rings (SSSR count). The number of hydrogen-bond acceptors (Lipinski definition) is 5. The maximum atomic E-state index is 12.2. The third-order valence-electron chi connectivity index (χ3n) is 3.43. The number of amides is 1. The molecule has 0 radical (unpaired) electrons. The molecule has 0 saturated heterocycles. The van der Waals surface area contributed by atoms with Gasteiger partial charge < -0.3 is 9.73 Å². The molecule has 23 heavy (non-hydrogen) atoms. The summed E-state index contributed by atoms with van der Waals surface area (Å²) in [6.07, 6.45) is 4.19. The highest BCUT2D eigenvalue weighted by Crippen LogP contribution is 2.22. The zero-order valence-electron chi connectivity index (χ0n) is 12.8. The number of hydrogen-bond donors (Lipinski definition) is 1. The molecule has 1 atom stereocenters. The molecular weight excluding hydrogens is 312 g/mol. The van der Waals surface area contributed by atoms with Crippen LogP contribution in [0.15, 0.2) is 52.4 Å². The first-order chi connectivity index (χ1) is 11.3. The Balaban J connectivity index is 1.48. The Labute approximate surface area is 138 Å². The second-order valence-electron chi connectivity index (χ2n) is 5.00. The van der Waals surface area contributed by atoms with Gasteiger partial charge in [-0.1, -0.05) is 30.8 Å². The molecule has 120 valence electrons. The fourth-order valence-corrected chi connectivity index (χ4v) is 2.99. The van der Waals surface area contributed by atoms with Crippen molar-refractivity contribution in [1.82, 2.24) is 20.1 Å². The summed E-state index contributed by atoms with van der Waals surface area (Å²) in [5.74, 6) is 0.683. The molecule has 0 saturated carbocycles. The van der Waals surface area contributed by atoms with Gasteiger partial charge in [-0.05, 0) is 24.6 Å². The van der Waals surface area contributed by atoms with E-state index in [9.17, 15) is 4.79 Å². The standard InChI is InChI=1S/C16H18N4O2S/c1-2-13(20-10-5-8-18-20)15(21)17-9-11-23-16-19-12-6-3-4-7-14(12)22-16/h3-8,10,13H,2,9,11H2,1H3,(H,17,21)/t13-/m1/s1. The Bertz CT molecular complexity index is 736. The first-order valence-corrected chi connectivity index (χ1v) is 8.51. The molecule has 0 fully saturated rings. The molecule has 1 amide bonds. The van der Waals surface area contributed by atoms with Gasteiger partial charge in [-0.25, -0.2) is 4.98 Å². The Morgan fingerprint density at radius 2 is 2.26 bits per heavy atom. The predicted molar refractivity (Wildman–Crippen MR) is 89.3 cm³/mol. The van der Waals surface area contributed by atoms with E-state index < -0.39 is 0 Å². The van der Waals surface area contributed by atoms with E-state index in [4.69, 9.17) is 4.42 Å². The molecule has 0 unspecified atom stereocenters. The number of rotatable bonds is 7. The number of para-hydroxylation sites is 2. The number of nitrogens with one attached hydrogen (secondary N) is 1. The number of oxazole rings is 1. The summed E-state index contributed by atoms with van der Waals surface area (Å²) >= 11 is 1.49. The maximum absolute atomic E-state index is 12.2. The zero-order valence-corrected chi connectivity index (χ0v) is 13.6. The van der Waals surface area contributed by atoms with Crippen LogP contribution in [0.4, 0.5) is 0 Å². The normalized spacial score (nSPS) is 12.4. The molecule has 1 aromatic carbocycles. The van der Waals surface area contributed by atoms with Gasteiger partial charge in [-0.3, -0.25) is 9.48 Å². The molecule has 1 N–H and O–H groups in total. The number of fused-ring (bicyclic) bond motifs is 1. The zero-order chi connectivity index (χ0) is 16.1. The topological polar surface area (TPSA) is 73.0 Å². The van der Waals surface area contributed by atoms with E-state index in [1.165, 1.54) is 11.8 Å². The van der Waals surface area contributed by atoms with Crippen LogP contribution in [0.1, 0.15) is 19.4 Å². The van der Waals surface area contributed by atoms with Crippen LogP contribution in [0.2, 0.25) is 0 Å². The summed E-state index contributed by atoms with van der Waals surface area (Å²) < 4.78 is 7.31. The van der Waals surface area contributed by atoms with Crippen molar-refractivity contribution in [2.75, 3.05) is 12.3 Å². The molecule has 2 aromatic heterocycles. The first-order valence-electron chi connectivity index (χ1n) is 7.53. The van der Waals surface area contributed by atoms with Crippen molar-refractivity contribution in [3.63, 3.8) is 0 Å². The quantitative estimate of drug-likeness (QED) is 0.533. The second kappa shape index (κ2) is 7.32. The van der Waals surface area contributed by atoms with Crippen LogP contribution in [0.3, 0.4) is 0 Å². The lowest BCUT2D eigenvalue weighted by atomic mass is 10.2. The maximum Gasteiger partial charge on any atom is 0.256 e. The van der Waals surface area contributed by atoms with Crippen molar-refractivity contribution in [3.05, 3.63) is 42.7 Å². The van der Waals surface area contributed by atoms with Gasteiger partial charge in [0, 0.05) is 24.7 Å². The van der Waals surface area contributed by atoms with Crippen molar-refractivity contribution in [3.8, 4) is 0 Å². The van der Waals surface area contributed by atoms with Crippen LogP contribution in [-0.2, 0) is 4.79 Å². The average molecular weight is 330 g/mol. The second-order valence-corrected chi connectivity index (χ2v) is 6.04. The highest BCUT2D eigenvalue weighted by molar-refractivity contribution is 7.99. The van der Waals surface area contributed by atoms with Crippen molar-refractivity contribution >= 4 is 28.8 Å². The van der Waals surface area contributed by atoms with Crippen LogP contribution >= 0.6 is 11.8 Å². The molecule has 6 nitrogen and oxygen atoms in total.